The first-order valence-corrected chi connectivity index (χ1v) is 6.86. The zero-order chi connectivity index (χ0) is 15.4. The molecule has 112 valence electrons. The molecule has 1 aromatic heterocycles. The predicted molar refractivity (Wildman–Crippen MR) is 78.6 cm³/mol. The third-order valence-corrected chi connectivity index (χ3v) is 3.09. The molecule has 2 rings (SSSR count). The summed E-state index contributed by atoms with van der Waals surface area (Å²) >= 11 is 0. The Bertz CT molecular complexity index is 635. The molecule has 1 unspecified atom stereocenters. The van der Waals surface area contributed by atoms with Crippen LogP contribution in [0.1, 0.15) is 29.9 Å². The lowest BCUT2D eigenvalue weighted by molar-refractivity contribution is 0.0916. The number of benzene rings is 1. The SMILES string of the molecule is CCc1ccccc1-n1cc(O)c(C(=O)NCC(C)O)n1. The van der Waals surface area contributed by atoms with Crippen molar-refractivity contribution >= 4 is 5.91 Å². The van der Waals surface area contributed by atoms with Crippen LogP contribution in [0.3, 0.4) is 0 Å². The van der Waals surface area contributed by atoms with Crippen LogP contribution in [0, 0.1) is 0 Å². The van der Waals surface area contributed by atoms with E-state index in [0.717, 1.165) is 17.7 Å². The highest BCUT2D eigenvalue weighted by atomic mass is 16.3. The van der Waals surface area contributed by atoms with Gasteiger partial charge < -0.3 is 15.5 Å². The average molecular weight is 289 g/mol. The Kier molecular flexibility index (Phi) is 4.59. The van der Waals surface area contributed by atoms with E-state index in [0.29, 0.717) is 0 Å². The molecular formula is C15H19N3O3. The van der Waals surface area contributed by atoms with E-state index in [9.17, 15) is 9.90 Å². The fourth-order valence-corrected chi connectivity index (χ4v) is 2.01. The third-order valence-electron chi connectivity index (χ3n) is 3.09. The molecular weight excluding hydrogens is 270 g/mol. The van der Waals surface area contributed by atoms with Crippen molar-refractivity contribution in [2.45, 2.75) is 26.4 Å². The minimum absolute atomic E-state index is 0.0541. The Hall–Kier alpha value is -2.34. The maximum absolute atomic E-state index is 11.9. The Labute approximate surface area is 123 Å². The number of nitrogens with one attached hydrogen (secondary N) is 1. The molecule has 6 nitrogen and oxygen atoms in total. The van der Waals surface area contributed by atoms with Gasteiger partial charge in [-0.2, -0.15) is 5.10 Å². The highest BCUT2D eigenvalue weighted by molar-refractivity contribution is 5.94. The number of hydrogen-bond acceptors (Lipinski definition) is 4. The van der Waals surface area contributed by atoms with Crippen molar-refractivity contribution in [2.24, 2.45) is 0 Å². The van der Waals surface area contributed by atoms with E-state index >= 15 is 0 Å². The molecule has 1 atom stereocenters. The molecule has 21 heavy (non-hydrogen) atoms. The quantitative estimate of drug-likeness (QED) is 0.773. The number of nitrogens with zero attached hydrogens (tertiary/aromatic N) is 2. The van der Waals surface area contributed by atoms with Crippen LogP contribution in [0.4, 0.5) is 0 Å². The summed E-state index contributed by atoms with van der Waals surface area (Å²) in [4.78, 5) is 11.9. The molecule has 0 spiro atoms. The van der Waals surface area contributed by atoms with Crippen molar-refractivity contribution in [1.29, 1.82) is 0 Å². The van der Waals surface area contributed by atoms with Gasteiger partial charge in [0.15, 0.2) is 11.4 Å². The number of hydrogen-bond donors (Lipinski definition) is 3. The van der Waals surface area contributed by atoms with Crippen molar-refractivity contribution in [3.05, 3.63) is 41.7 Å². The number of aryl methyl sites for hydroxylation is 1. The molecule has 0 fully saturated rings. The molecule has 2 aromatic rings. The van der Waals surface area contributed by atoms with Crippen LogP contribution in [0.5, 0.6) is 5.75 Å². The summed E-state index contributed by atoms with van der Waals surface area (Å²) in [6.45, 7) is 3.70. The van der Waals surface area contributed by atoms with Crippen LogP contribution in [0.2, 0.25) is 0 Å². The van der Waals surface area contributed by atoms with Gasteiger partial charge in [-0.25, -0.2) is 4.68 Å². The lowest BCUT2D eigenvalue weighted by atomic mass is 10.1. The number of aromatic hydroxyl groups is 1. The summed E-state index contributed by atoms with van der Waals surface area (Å²) in [5.74, 6) is -0.704. The molecule has 0 bridgehead atoms. The van der Waals surface area contributed by atoms with Crippen LogP contribution >= 0.6 is 0 Å². The maximum Gasteiger partial charge on any atom is 0.275 e. The smallest absolute Gasteiger partial charge is 0.275 e. The minimum Gasteiger partial charge on any atom is -0.504 e. The number of carbonyl (C=O) groups excluding carboxylic acids is 1. The van der Waals surface area contributed by atoms with Crippen molar-refractivity contribution in [2.75, 3.05) is 6.54 Å². The summed E-state index contributed by atoms with van der Waals surface area (Å²) < 4.78 is 1.49. The molecule has 0 aliphatic heterocycles. The second-order valence-corrected chi connectivity index (χ2v) is 4.85. The molecule has 0 saturated heterocycles. The average Bonchev–Trinajstić information content (AvgIpc) is 2.86. The Morgan fingerprint density at radius 2 is 2.14 bits per heavy atom. The van der Waals surface area contributed by atoms with Gasteiger partial charge in [-0.05, 0) is 25.0 Å². The fourth-order valence-electron chi connectivity index (χ4n) is 2.01. The van der Waals surface area contributed by atoms with E-state index in [1.807, 2.05) is 31.2 Å². The number of rotatable bonds is 5. The Morgan fingerprint density at radius 1 is 1.43 bits per heavy atom. The maximum atomic E-state index is 11.9. The van der Waals surface area contributed by atoms with Crippen molar-refractivity contribution in [3.63, 3.8) is 0 Å². The summed E-state index contributed by atoms with van der Waals surface area (Å²) in [5.41, 5.74) is 1.84. The molecule has 0 aliphatic carbocycles. The standard InChI is InChI=1S/C15H19N3O3/c1-3-11-6-4-5-7-12(11)18-9-13(20)14(17-18)15(21)16-8-10(2)19/h4-7,9-10,19-20H,3,8H2,1-2H3,(H,16,21). The first-order chi connectivity index (χ1) is 10.0. The van der Waals surface area contributed by atoms with Crippen LogP contribution in [-0.2, 0) is 6.42 Å². The van der Waals surface area contributed by atoms with Crippen LogP contribution in [-0.4, -0.2) is 38.5 Å². The van der Waals surface area contributed by atoms with E-state index in [-0.39, 0.29) is 18.0 Å². The zero-order valence-corrected chi connectivity index (χ0v) is 12.1. The van der Waals surface area contributed by atoms with Gasteiger partial charge in [-0.3, -0.25) is 4.79 Å². The van der Waals surface area contributed by atoms with E-state index in [4.69, 9.17) is 5.11 Å². The number of aliphatic hydroxyl groups is 1. The molecule has 1 aromatic carbocycles. The van der Waals surface area contributed by atoms with Gasteiger partial charge in [0.1, 0.15) is 0 Å². The first kappa shape index (κ1) is 15.1. The Balaban J connectivity index is 2.28. The number of aromatic nitrogens is 2. The van der Waals surface area contributed by atoms with Gasteiger partial charge in [0.05, 0.1) is 18.0 Å². The van der Waals surface area contributed by atoms with E-state index in [2.05, 4.69) is 10.4 Å². The molecule has 0 saturated carbocycles. The monoisotopic (exact) mass is 289 g/mol. The van der Waals surface area contributed by atoms with Crippen LogP contribution in [0.15, 0.2) is 30.5 Å². The summed E-state index contributed by atoms with van der Waals surface area (Å²) in [5, 5.41) is 25.7. The second-order valence-electron chi connectivity index (χ2n) is 4.85. The number of amides is 1. The van der Waals surface area contributed by atoms with Gasteiger partial charge >= 0.3 is 0 Å². The lowest BCUT2D eigenvalue weighted by Crippen LogP contribution is -2.30. The van der Waals surface area contributed by atoms with E-state index in [1.54, 1.807) is 6.92 Å². The summed E-state index contributed by atoms with van der Waals surface area (Å²) in [6, 6.07) is 7.66. The topological polar surface area (TPSA) is 87.4 Å². The first-order valence-electron chi connectivity index (χ1n) is 6.86. The minimum atomic E-state index is -0.654. The van der Waals surface area contributed by atoms with Gasteiger partial charge in [0, 0.05) is 6.54 Å². The van der Waals surface area contributed by atoms with Crippen LogP contribution in [0.25, 0.3) is 5.69 Å². The Morgan fingerprint density at radius 3 is 2.81 bits per heavy atom. The normalized spacial score (nSPS) is 12.1. The number of para-hydroxylation sites is 1. The summed E-state index contributed by atoms with van der Waals surface area (Å²) in [7, 11) is 0. The highest BCUT2D eigenvalue weighted by Crippen LogP contribution is 2.20. The molecule has 1 amide bonds. The molecule has 0 radical (unpaired) electrons. The largest absolute Gasteiger partial charge is 0.504 e. The van der Waals surface area contributed by atoms with Gasteiger partial charge in [0.2, 0.25) is 0 Å². The third kappa shape index (κ3) is 3.41. The van der Waals surface area contributed by atoms with Gasteiger partial charge in [-0.15, -0.1) is 0 Å². The molecule has 3 N–H and O–H groups in total. The predicted octanol–water partition coefficient (Wildman–Crippen LogP) is 1.25. The fraction of sp³-hybridized carbons (Fsp3) is 0.333. The van der Waals surface area contributed by atoms with Crippen molar-refractivity contribution in [1.82, 2.24) is 15.1 Å². The summed E-state index contributed by atoms with van der Waals surface area (Å²) in [6.07, 6.45) is 1.57. The lowest BCUT2D eigenvalue weighted by Gasteiger charge is -2.07. The van der Waals surface area contributed by atoms with E-state index in [1.165, 1.54) is 10.9 Å². The molecule has 1 heterocycles. The van der Waals surface area contributed by atoms with Crippen molar-refractivity contribution in [3.8, 4) is 11.4 Å². The van der Waals surface area contributed by atoms with Gasteiger partial charge in [0.25, 0.3) is 5.91 Å². The number of carbonyl (C=O) groups is 1. The highest BCUT2D eigenvalue weighted by Gasteiger charge is 2.18. The second kappa shape index (κ2) is 6.41. The molecule has 0 aliphatic rings. The van der Waals surface area contributed by atoms with Crippen molar-refractivity contribution < 1.29 is 15.0 Å². The van der Waals surface area contributed by atoms with Gasteiger partial charge in [-0.1, -0.05) is 25.1 Å². The van der Waals surface area contributed by atoms with Crippen LogP contribution < -0.4 is 5.32 Å². The number of aliphatic hydroxyl groups excluding tert-OH is 1. The molecule has 6 heteroatoms. The zero-order valence-electron chi connectivity index (χ0n) is 12.1. The van der Waals surface area contributed by atoms with E-state index < -0.39 is 12.0 Å².